The summed E-state index contributed by atoms with van der Waals surface area (Å²) in [6.07, 6.45) is -7.79. The van der Waals surface area contributed by atoms with Crippen molar-refractivity contribution in [1.82, 2.24) is 58.5 Å². The Kier molecular flexibility index (Phi) is 35.2. The molecule has 139 heavy (non-hydrogen) atoms. The number of urea groups is 1. The van der Waals surface area contributed by atoms with Crippen LogP contribution in [0.3, 0.4) is 0 Å². The Morgan fingerprint density at radius 2 is 1.37 bits per heavy atom. The Hall–Kier alpha value is -11.2. The van der Waals surface area contributed by atoms with Crippen LogP contribution in [-0.4, -0.2) is 240 Å². The number of carbonyl (C=O) groups is 9. The number of primary amides is 1. The molecule has 9 aliphatic rings. The number of amides is 10. The maximum Gasteiger partial charge on any atom is 0.325 e. The normalized spacial score (nSPS) is 25.4. The van der Waals surface area contributed by atoms with Crippen LogP contribution in [0.25, 0.3) is 11.1 Å². The molecule has 5 aliphatic carbocycles. The highest BCUT2D eigenvalue weighted by Crippen LogP contribution is 2.63. The quantitative estimate of drug-likeness (QED) is 0.0186. The van der Waals surface area contributed by atoms with Crippen molar-refractivity contribution in [1.29, 1.82) is 0 Å². The number of carbonyl (C=O) groups excluding carboxylic acids is 9. The maximum atomic E-state index is 16.7. The summed E-state index contributed by atoms with van der Waals surface area (Å²) in [6, 6.07) is 6.29. The number of anilines is 1. The number of rotatable bonds is 42. The Labute approximate surface area is 810 Å². The summed E-state index contributed by atoms with van der Waals surface area (Å²) >= 11 is 7.04. The van der Waals surface area contributed by atoms with Crippen molar-refractivity contribution < 1.29 is 127 Å². The molecule has 24 N–H and O–H groups in total. The zero-order chi connectivity index (χ0) is 100. The van der Waals surface area contributed by atoms with Crippen LogP contribution in [0.5, 0.6) is 51.7 Å². The highest BCUT2D eigenvalue weighted by atomic mass is 35.5. The molecule has 19 unspecified atom stereocenters. The Morgan fingerprint density at radius 1 is 0.698 bits per heavy atom. The molecule has 756 valence electrons. The summed E-state index contributed by atoms with van der Waals surface area (Å²) in [7, 11) is 1.50. The van der Waals surface area contributed by atoms with Gasteiger partial charge >= 0.3 is 6.03 Å². The number of fused-ring (bicyclic) bond motifs is 12. The van der Waals surface area contributed by atoms with Crippen LogP contribution in [-0.2, 0) is 65.0 Å². The van der Waals surface area contributed by atoms with Gasteiger partial charge in [-0.05, 0) is 221 Å². The van der Waals surface area contributed by atoms with Crippen LogP contribution >= 0.6 is 11.6 Å². The van der Waals surface area contributed by atoms with Crippen molar-refractivity contribution in [2.45, 2.75) is 236 Å². The first-order chi connectivity index (χ1) is 66.3. The number of aryl methyl sites for hydroxylation is 1. The van der Waals surface area contributed by atoms with Crippen LogP contribution in [0.1, 0.15) is 188 Å². The number of imide groups is 1. The average molecular weight is 1960 g/mol. The molecule has 41 heteroatoms. The predicted molar refractivity (Wildman–Crippen MR) is 506 cm³/mol. The first-order valence-electron chi connectivity index (χ1n) is 47.5. The molecule has 10 amide bonds. The minimum Gasteiger partial charge on any atom is -0.508 e. The van der Waals surface area contributed by atoms with Gasteiger partial charge in [-0.1, -0.05) is 70.5 Å². The molecule has 40 nitrogen and oxygen atoms in total. The first-order valence-corrected chi connectivity index (χ1v) is 47.8. The number of hydrogen-bond donors (Lipinski definition) is 22. The molecule has 4 heterocycles. The molecule has 8 bridgehead atoms. The molecule has 6 aromatic rings. The second kappa shape index (κ2) is 46.5. The van der Waals surface area contributed by atoms with E-state index in [0.717, 1.165) is 56.7 Å². The molecule has 4 aliphatic heterocycles. The minimum absolute atomic E-state index is 0.00643. The largest absolute Gasteiger partial charge is 0.508 e. The molecule has 19 atom stereocenters. The van der Waals surface area contributed by atoms with Gasteiger partial charge < -0.3 is 153 Å². The van der Waals surface area contributed by atoms with Crippen molar-refractivity contribution in [3.63, 3.8) is 0 Å². The number of nitrogens with two attached hydrogens (primary N) is 2. The van der Waals surface area contributed by atoms with Gasteiger partial charge in [-0.15, -0.1) is 0 Å². The molecular weight excluding hydrogens is 1820 g/mol. The third kappa shape index (κ3) is 24.9. The molecule has 0 spiro atoms. The van der Waals surface area contributed by atoms with Gasteiger partial charge in [-0.25, -0.2) is 4.79 Å². The van der Waals surface area contributed by atoms with E-state index in [1.165, 1.54) is 93.7 Å². The second-order valence-electron chi connectivity index (χ2n) is 37.5. The standard InChI is InChI=1S/C98H131ClN14O26/c1-11-20-103-23-26-131-72-38-57(39-73(132-27-24-104-21-12-2)86(72)133-28-25-105-22-13-3)107-96(128)109-76(119)43-68-91(124)111-80(92(125)110-79(89(100)122)52-15-17-64-62(33-52)78-63(40-58(117)41-65(78)98(64,129)130)82(106-50(8)116)93(126)112-81-60-34-54-32-55(60)35-61(54)81)56-36-74(136-70-19-16-53(30-48(70)6)84(120)83(94(127)108-68)113-90(123)67(102-10)29-47(4)5)87(75(37-56)137-71-18-14-51(45-114)31-66(71)99)139-95-85(69(118)42-59(46-115)135-95)138-77-44-97(9,101)88(121)49(7)134-77/h14-19,30-31,33,36-41,47,49,54-55,59-61,67-69,77,79-85,88,95,102-105,114-115,117-118,120-121,129-130H,11-13,20-29,32,34-35,42-46,101H2,1-10H3,(H2,100,122)(H,106,116)(H,108,127)(H,110,125)(H,111,124)(H,112,126)(H,113,123)(H2,107,109,119,128). The molecule has 6 fully saturated rings. The summed E-state index contributed by atoms with van der Waals surface area (Å²) in [5, 5.41) is 127. The highest BCUT2D eigenvalue weighted by molar-refractivity contribution is 6.32. The Morgan fingerprint density at radius 3 is 1.96 bits per heavy atom. The number of aliphatic hydroxyl groups is 7. The van der Waals surface area contributed by atoms with Crippen LogP contribution in [0.2, 0.25) is 5.02 Å². The van der Waals surface area contributed by atoms with Gasteiger partial charge in [0.25, 0.3) is 0 Å². The van der Waals surface area contributed by atoms with E-state index in [4.69, 9.17) is 65.7 Å². The summed E-state index contributed by atoms with van der Waals surface area (Å²) in [5.41, 5.74) is 10.5. The van der Waals surface area contributed by atoms with Crippen molar-refractivity contribution in [2.24, 2.45) is 41.1 Å². The lowest BCUT2D eigenvalue weighted by Gasteiger charge is -2.46. The van der Waals surface area contributed by atoms with E-state index >= 15 is 19.2 Å². The second-order valence-corrected chi connectivity index (χ2v) is 37.9. The number of ether oxygens (including phenoxy) is 9. The number of phenolic OH excluding ortho intramolecular Hbond substituents is 1. The number of likely N-dealkylation sites (N-methyl/N-ethyl adjacent to an activating group) is 1. The number of aromatic hydroxyl groups is 1. The van der Waals surface area contributed by atoms with E-state index in [9.17, 15) is 64.8 Å². The van der Waals surface area contributed by atoms with E-state index in [1.807, 2.05) is 34.6 Å². The first kappa shape index (κ1) is 105. The van der Waals surface area contributed by atoms with E-state index in [1.54, 1.807) is 13.8 Å². The minimum atomic E-state index is -2.97. The molecular formula is C98H131ClN14O26. The van der Waals surface area contributed by atoms with E-state index in [-0.39, 0.29) is 147 Å². The van der Waals surface area contributed by atoms with Crippen LogP contribution < -0.4 is 104 Å². The number of phenols is 1. The average Bonchev–Trinajstić information content (AvgIpc) is 1.69. The van der Waals surface area contributed by atoms with Crippen LogP contribution in [0.4, 0.5) is 10.5 Å². The van der Waals surface area contributed by atoms with Crippen LogP contribution in [0, 0.1) is 36.5 Å². The Balaban J connectivity index is 0.961. The SMILES string of the molecule is CCCNCCOc1cc(NC(=O)NC(=O)CC2NC(=O)C(NC(=O)C(CC(C)C)NC)C(O)c3ccc(c(C)c3)Oc3cc(cc(Oc4ccc(CO)cc4Cl)c3OC3OC(CO)CC(O)C3OC3CC(C)(N)C(O)C(C)O3)C(C(=O)NC(C(N)=O)c3ccc4c(c3)-c3c(C(NC(C)=O)C(=O)NC5C6CC7CC6CC75)cc(O)cc3C4(O)O)NC2=O)cc(OCCNCCC)c1OCCNCCC. The van der Waals surface area contributed by atoms with Crippen molar-refractivity contribution >= 4 is 70.6 Å². The van der Waals surface area contributed by atoms with Gasteiger partial charge in [-0.2, -0.15) is 0 Å². The van der Waals surface area contributed by atoms with Gasteiger partial charge in [0.2, 0.25) is 70.8 Å². The number of nitrogens with one attached hydrogen (secondary N) is 12. The van der Waals surface area contributed by atoms with Gasteiger partial charge in [0.15, 0.2) is 29.3 Å². The lowest BCUT2D eigenvalue weighted by Crippen LogP contribution is -2.62. The van der Waals surface area contributed by atoms with Gasteiger partial charge in [0.1, 0.15) is 79.5 Å². The van der Waals surface area contributed by atoms with E-state index < -0.39 is 198 Å². The summed E-state index contributed by atoms with van der Waals surface area (Å²) in [5.74, 6) is -12.8. The van der Waals surface area contributed by atoms with Crippen LogP contribution in [0.15, 0.2) is 91.0 Å². The zero-order valence-corrected chi connectivity index (χ0v) is 80.3. The number of aliphatic hydroxyl groups excluding tert-OH is 5. The number of benzene rings is 6. The summed E-state index contributed by atoms with van der Waals surface area (Å²) in [6.45, 7) is 18.0. The molecule has 6 aromatic carbocycles. The fourth-order valence-corrected chi connectivity index (χ4v) is 19.8. The monoisotopic (exact) mass is 1950 g/mol. The fourth-order valence-electron chi connectivity index (χ4n) is 19.6. The molecule has 15 rings (SSSR count). The van der Waals surface area contributed by atoms with Gasteiger partial charge in [0.05, 0.1) is 60.8 Å². The summed E-state index contributed by atoms with van der Waals surface area (Å²) < 4.78 is 58.8. The van der Waals surface area contributed by atoms with E-state index in [0.29, 0.717) is 56.7 Å². The molecule has 0 aromatic heterocycles. The third-order valence-electron chi connectivity index (χ3n) is 26.3. The molecule has 0 radical (unpaired) electrons. The zero-order valence-electron chi connectivity index (χ0n) is 79.5. The number of hydrogen-bond acceptors (Lipinski definition) is 31. The number of halogens is 1. The smallest absolute Gasteiger partial charge is 0.325 e. The lowest BCUT2D eigenvalue weighted by molar-refractivity contribution is -0.316. The summed E-state index contributed by atoms with van der Waals surface area (Å²) in [4.78, 5) is 136. The molecule has 4 saturated carbocycles. The third-order valence-corrected chi connectivity index (χ3v) is 26.6. The van der Waals surface area contributed by atoms with Gasteiger partial charge in [0, 0.05) is 74.2 Å². The van der Waals surface area contributed by atoms with Crippen molar-refractivity contribution in [2.75, 3.05) is 78.1 Å². The lowest BCUT2D eigenvalue weighted by atomic mass is 9.86. The predicted octanol–water partition coefficient (Wildman–Crippen LogP) is 4.40. The maximum absolute atomic E-state index is 16.7. The topological polar surface area (TPSA) is 595 Å². The van der Waals surface area contributed by atoms with Gasteiger partial charge in [-0.3, -0.25) is 43.7 Å². The van der Waals surface area contributed by atoms with Crippen molar-refractivity contribution in [3.05, 3.63) is 141 Å². The molecule has 2 saturated heterocycles. The fraction of sp³-hybridized carbons (Fsp3) is 0.541. The highest BCUT2D eigenvalue weighted by Gasteiger charge is 2.61. The van der Waals surface area contributed by atoms with Crippen molar-refractivity contribution in [3.8, 4) is 62.9 Å². The Bertz CT molecular complexity index is 5390. The van der Waals surface area contributed by atoms with E-state index in [2.05, 4.69) is 63.8 Å².